The highest BCUT2D eigenvalue weighted by Gasteiger charge is 2.41. The number of benzene rings is 1. The van der Waals surface area contributed by atoms with Gasteiger partial charge in [-0.2, -0.15) is 0 Å². The molecule has 0 radical (unpaired) electrons. The molecule has 0 bridgehead atoms. The SMILES string of the molecule is CC1CCC(C(N)Cc2c(F)cccc2F)(N(C)C)CC1. The first-order valence-electron chi connectivity index (χ1n) is 7.72. The molecule has 1 fully saturated rings. The van der Waals surface area contributed by atoms with Crippen molar-refractivity contribution in [3.8, 4) is 0 Å². The third kappa shape index (κ3) is 3.27. The molecule has 1 saturated carbocycles. The highest BCUT2D eigenvalue weighted by Crippen LogP contribution is 2.38. The van der Waals surface area contributed by atoms with Crippen molar-refractivity contribution >= 4 is 0 Å². The van der Waals surface area contributed by atoms with Crippen LogP contribution >= 0.6 is 0 Å². The lowest BCUT2D eigenvalue weighted by Crippen LogP contribution is -2.59. The summed E-state index contributed by atoms with van der Waals surface area (Å²) in [5.74, 6) is -0.289. The van der Waals surface area contributed by atoms with Crippen LogP contribution in [-0.4, -0.2) is 30.6 Å². The van der Waals surface area contributed by atoms with Crippen LogP contribution in [0.1, 0.15) is 38.2 Å². The molecule has 0 spiro atoms. The van der Waals surface area contributed by atoms with Crippen LogP contribution in [0.25, 0.3) is 0 Å². The first-order valence-corrected chi connectivity index (χ1v) is 7.72. The molecule has 2 N–H and O–H groups in total. The van der Waals surface area contributed by atoms with Gasteiger partial charge in [-0.15, -0.1) is 0 Å². The number of hydrogen-bond acceptors (Lipinski definition) is 2. The molecule has 1 aromatic rings. The fourth-order valence-corrected chi connectivity index (χ4v) is 3.55. The summed E-state index contributed by atoms with van der Waals surface area (Å²) >= 11 is 0. The molecular weight excluding hydrogens is 270 g/mol. The van der Waals surface area contributed by atoms with Gasteiger partial charge in [0, 0.05) is 17.1 Å². The molecule has 2 nitrogen and oxygen atoms in total. The minimum atomic E-state index is -0.497. The van der Waals surface area contributed by atoms with Gasteiger partial charge in [0.25, 0.3) is 0 Å². The molecule has 0 heterocycles. The van der Waals surface area contributed by atoms with E-state index in [-0.39, 0.29) is 23.6 Å². The fourth-order valence-electron chi connectivity index (χ4n) is 3.55. The second-order valence-electron chi connectivity index (χ2n) is 6.69. The Morgan fingerprint density at radius 3 is 2.24 bits per heavy atom. The highest BCUT2D eigenvalue weighted by molar-refractivity contribution is 5.22. The van der Waals surface area contributed by atoms with Gasteiger partial charge in [0.2, 0.25) is 0 Å². The van der Waals surface area contributed by atoms with Crippen molar-refractivity contribution in [2.24, 2.45) is 11.7 Å². The predicted molar refractivity (Wildman–Crippen MR) is 82.1 cm³/mol. The van der Waals surface area contributed by atoms with Gasteiger partial charge in [-0.05, 0) is 64.3 Å². The van der Waals surface area contributed by atoms with Crippen LogP contribution in [0, 0.1) is 17.6 Å². The van der Waals surface area contributed by atoms with Gasteiger partial charge in [-0.1, -0.05) is 13.0 Å². The third-order valence-electron chi connectivity index (χ3n) is 5.21. The van der Waals surface area contributed by atoms with Gasteiger partial charge >= 0.3 is 0 Å². The van der Waals surface area contributed by atoms with Crippen LogP contribution in [0.15, 0.2) is 18.2 Å². The standard InChI is InChI=1S/C17H26F2N2/c1-12-7-9-17(10-8-12,21(2)3)16(20)11-13-14(18)5-4-6-15(13)19/h4-6,12,16H,7-11,20H2,1-3H3. The van der Waals surface area contributed by atoms with Gasteiger partial charge in [-0.25, -0.2) is 8.78 Å². The minimum absolute atomic E-state index is 0.116. The zero-order valence-electron chi connectivity index (χ0n) is 13.2. The lowest BCUT2D eigenvalue weighted by atomic mass is 9.71. The molecule has 1 aliphatic rings. The summed E-state index contributed by atoms with van der Waals surface area (Å²) in [7, 11) is 4.04. The van der Waals surface area contributed by atoms with E-state index >= 15 is 0 Å². The molecule has 4 heteroatoms. The lowest BCUT2D eigenvalue weighted by molar-refractivity contribution is 0.0563. The molecule has 21 heavy (non-hydrogen) atoms. The molecule has 118 valence electrons. The molecular formula is C17H26F2N2. The Morgan fingerprint density at radius 1 is 1.24 bits per heavy atom. The topological polar surface area (TPSA) is 29.3 Å². The molecule has 0 aliphatic heterocycles. The Labute approximate surface area is 126 Å². The fraction of sp³-hybridized carbons (Fsp3) is 0.647. The number of rotatable bonds is 4. The summed E-state index contributed by atoms with van der Waals surface area (Å²) in [5, 5.41) is 0. The maximum atomic E-state index is 13.9. The van der Waals surface area contributed by atoms with E-state index in [2.05, 4.69) is 11.8 Å². The summed E-state index contributed by atoms with van der Waals surface area (Å²) < 4.78 is 27.7. The number of nitrogens with two attached hydrogens (primary N) is 1. The molecule has 2 rings (SSSR count). The van der Waals surface area contributed by atoms with Crippen LogP contribution in [0.3, 0.4) is 0 Å². The molecule has 1 unspecified atom stereocenters. The summed E-state index contributed by atoms with van der Waals surface area (Å²) in [6.45, 7) is 2.25. The van der Waals surface area contributed by atoms with Crippen LogP contribution in [0.2, 0.25) is 0 Å². The number of likely N-dealkylation sites (N-methyl/N-ethyl adjacent to an activating group) is 1. The predicted octanol–water partition coefficient (Wildman–Crippen LogP) is 3.35. The van der Waals surface area contributed by atoms with E-state index in [1.54, 1.807) is 0 Å². The molecule has 0 amide bonds. The van der Waals surface area contributed by atoms with Crippen molar-refractivity contribution in [1.82, 2.24) is 4.90 Å². The number of halogens is 2. The van der Waals surface area contributed by atoms with Gasteiger partial charge in [0.1, 0.15) is 11.6 Å². The Morgan fingerprint density at radius 2 is 1.76 bits per heavy atom. The summed E-state index contributed by atoms with van der Waals surface area (Å²) in [6, 6.07) is 3.72. The normalized spacial score (nSPS) is 27.9. The van der Waals surface area contributed by atoms with Crippen LogP contribution < -0.4 is 5.73 Å². The first kappa shape index (κ1) is 16.4. The summed E-state index contributed by atoms with van der Waals surface area (Å²) in [4.78, 5) is 2.16. The van der Waals surface area contributed by atoms with Crippen LogP contribution in [0.4, 0.5) is 8.78 Å². The second kappa shape index (κ2) is 6.41. The quantitative estimate of drug-likeness (QED) is 0.923. The van der Waals surface area contributed by atoms with E-state index in [1.165, 1.54) is 18.2 Å². The number of nitrogens with zero attached hydrogens (tertiary/aromatic N) is 1. The largest absolute Gasteiger partial charge is 0.326 e. The van der Waals surface area contributed by atoms with Crippen LogP contribution in [0.5, 0.6) is 0 Å². The van der Waals surface area contributed by atoms with E-state index in [1.807, 2.05) is 14.1 Å². The van der Waals surface area contributed by atoms with Gasteiger partial charge < -0.3 is 10.6 Å². The van der Waals surface area contributed by atoms with E-state index < -0.39 is 11.6 Å². The van der Waals surface area contributed by atoms with Crippen molar-refractivity contribution in [3.63, 3.8) is 0 Å². The molecule has 0 aromatic heterocycles. The smallest absolute Gasteiger partial charge is 0.129 e. The van der Waals surface area contributed by atoms with E-state index in [0.29, 0.717) is 5.92 Å². The Bertz CT molecular complexity index is 459. The molecule has 1 aliphatic carbocycles. The lowest BCUT2D eigenvalue weighted by Gasteiger charge is -2.48. The summed E-state index contributed by atoms with van der Waals surface area (Å²) in [6.07, 6.45) is 4.44. The van der Waals surface area contributed by atoms with Crippen molar-refractivity contribution in [2.45, 2.75) is 50.6 Å². The molecule has 0 saturated heterocycles. The van der Waals surface area contributed by atoms with Gasteiger partial charge in [-0.3, -0.25) is 0 Å². The van der Waals surface area contributed by atoms with E-state index in [9.17, 15) is 8.78 Å². The van der Waals surface area contributed by atoms with Crippen molar-refractivity contribution < 1.29 is 8.78 Å². The maximum absolute atomic E-state index is 13.9. The van der Waals surface area contributed by atoms with Gasteiger partial charge in [0.05, 0.1) is 0 Å². The van der Waals surface area contributed by atoms with Crippen LogP contribution in [-0.2, 0) is 6.42 Å². The summed E-state index contributed by atoms with van der Waals surface area (Å²) in [5.41, 5.74) is 6.37. The average Bonchev–Trinajstić information content (AvgIpc) is 2.43. The highest BCUT2D eigenvalue weighted by atomic mass is 19.1. The van der Waals surface area contributed by atoms with E-state index in [0.717, 1.165) is 25.7 Å². The van der Waals surface area contributed by atoms with Crippen molar-refractivity contribution in [1.29, 1.82) is 0 Å². The Balaban J connectivity index is 2.22. The number of hydrogen-bond donors (Lipinski definition) is 1. The third-order valence-corrected chi connectivity index (χ3v) is 5.21. The molecule has 1 atom stereocenters. The minimum Gasteiger partial charge on any atom is -0.326 e. The first-order chi connectivity index (χ1) is 9.86. The monoisotopic (exact) mass is 296 g/mol. The molecule has 1 aromatic carbocycles. The zero-order valence-corrected chi connectivity index (χ0v) is 13.2. The maximum Gasteiger partial charge on any atom is 0.129 e. The Hall–Kier alpha value is -1.00. The van der Waals surface area contributed by atoms with Gasteiger partial charge in [0.15, 0.2) is 0 Å². The van der Waals surface area contributed by atoms with Crippen molar-refractivity contribution in [2.75, 3.05) is 14.1 Å². The zero-order chi connectivity index (χ0) is 15.6. The average molecular weight is 296 g/mol. The Kier molecular flexibility index (Phi) is 4.99. The van der Waals surface area contributed by atoms with Crippen molar-refractivity contribution in [3.05, 3.63) is 35.4 Å². The van der Waals surface area contributed by atoms with E-state index in [4.69, 9.17) is 5.73 Å². The second-order valence-corrected chi connectivity index (χ2v) is 6.69.